The molecule has 20 heavy (non-hydrogen) atoms. The number of carboxylic acids is 1. The van der Waals surface area contributed by atoms with Gasteiger partial charge in [0.05, 0.1) is 18.1 Å². The minimum atomic E-state index is -1.75. The van der Waals surface area contributed by atoms with E-state index >= 15 is 0 Å². The molecule has 0 bridgehead atoms. The number of carboxylic acid groups (broad SMARTS) is 1. The van der Waals surface area contributed by atoms with Crippen LogP contribution in [-0.4, -0.2) is 68.2 Å². The molecule has 0 aromatic carbocycles. The highest BCUT2D eigenvalue weighted by Gasteiger charge is 2.46. The van der Waals surface area contributed by atoms with Crippen molar-refractivity contribution in [3.63, 3.8) is 0 Å². The van der Waals surface area contributed by atoms with E-state index in [2.05, 4.69) is 0 Å². The molecule has 6 atom stereocenters. The maximum absolute atomic E-state index is 11.2. The molecule has 0 aromatic heterocycles. The van der Waals surface area contributed by atoms with Gasteiger partial charge in [-0.05, 0) is 6.42 Å². The highest BCUT2D eigenvalue weighted by Crippen LogP contribution is 2.28. The van der Waals surface area contributed by atoms with Crippen LogP contribution in [0.3, 0.4) is 0 Å². The van der Waals surface area contributed by atoms with Gasteiger partial charge in [0.2, 0.25) is 5.91 Å². The molecule has 6 N–H and O–H groups in total. The highest BCUT2D eigenvalue weighted by molar-refractivity contribution is 5.93. The van der Waals surface area contributed by atoms with Crippen LogP contribution in [0.25, 0.3) is 0 Å². The molecule has 9 heteroatoms. The molecule has 1 aliphatic rings. The van der Waals surface area contributed by atoms with Crippen molar-refractivity contribution < 1.29 is 39.9 Å². The molecule has 1 saturated heterocycles. The number of carbonyl (C=O) groups excluding carboxylic acids is 1. The average molecular weight is 293 g/mol. The minimum Gasteiger partial charge on any atom is -0.481 e. The summed E-state index contributed by atoms with van der Waals surface area (Å²) in [6.45, 7) is 1.68. The van der Waals surface area contributed by atoms with E-state index in [-0.39, 0.29) is 0 Å². The van der Waals surface area contributed by atoms with E-state index in [4.69, 9.17) is 9.84 Å². The molecule has 0 spiro atoms. The SMILES string of the molecule is CCC1O[C@@H](O)[C@H](C(O)NC(=O)CC(=O)O)[C@@H](O)C1O. The first-order valence-electron chi connectivity index (χ1n) is 6.16. The van der Waals surface area contributed by atoms with Crippen molar-refractivity contribution in [2.24, 2.45) is 5.92 Å². The zero-order chi connectivity index (χ0) is 15.4. The van der Waals surface area contributed by atoms with E-state index in [1.807, 2.05) is 5.32 Å². The van der Waals surface area contributed by atoms with Crippen molar-refractivity contribution in [3.8, 4) is 0 Å². The summed E-state index contributed by atoms with van der Waals surface area (Å²) in [4.78, 5) is 21.5. The summed E-state index contributed by atoms with van der Waals surface area (Å²) in [6.07, 6.45) is -7.53. The van der Waals surface area contributed by atoms with Crippen LogP contribution in [0, 0.1) is 5.92 Å². The van der Waals surface area contributed by atoms with Gasteiger partial charge in [0, 0.05) is 0 Å². The third-order valence-electron chi connectivity index (χ3n) is 3.16. The molecule has 1 fully saturated rings. The number of nitrogens with one attached hydrogen (secondary N) is 1. The third kappa shape index (κ3) is 3.87. The van der Waals surface area contributed by atoms with Gasteiger partial charge in [-0.1, -0.05) is 6.92 Å². The highest BCUT2D eigenvalue weighted by atomic mass is 16.6. The van der Waals surface area contributed by atoms with E-state index in [1.165, 1.54) is 0 Å². The number of rotatable bonds is 5. The normalized spacial score (nSPS) is 35.4. The Morgan fingerprint density at radius 2 is 1.85 bits per heavy atom. The molecule has 0 aliphatic carbocycles. The standard InChI is InChI=1S/C11H19NO8/c1-2-4-8(16)9(17)7(11(19)20-4)10(18)12-5(13)3-6(14)15/h4,7-11,16-19H,2-3H2,1H3,(H,12,13)(H,14,15)/t4?,7-,8?,9+,10?,11+/m0/s1. The lowest BCUT2D eigenvalue weighted by Gasteiger charge is -2.42. The molecular weight excluding hydrogens is 274 g/mol. The Hall–Kier alpha value is -1.26. The molecule has 0 radical (unpaired) electrons. The Labute approximate surface area is 114 Å². The fourth-order valence-electron chi connectivity index (χ4n) is 2.10. The number of ether oxygens (including phenoxy) is 1. The van der Waals surface area contributed by atoms with Crippen LogP contribution in [0.1, 0.15) is 19.8 Å². The number of hydrogen-bond acceptors (Lipinski definition) is 7. The molecule has 0 aromatic rings. The molecule has 1 rings (SSSR count). The maximum atomic E-state index is 11.2. The molecule has 1 heterocycles. The average Bonchev–Trinajstić information content (AvgIpc) is 2.32. The van der Waals surface area contributed by atoms with Gasteiger partial charge in [-0.2, -0.15) is 0 Å². The van der Waals surface area contributed by atoms with Gasteiger partial charge in [0.1, 0.15) is 18.8 Å². The van der Waals surface area contributed by atoms with E-state index in [0.717, 1.165) is 0 Å². The molecule has 1 aliphatic heterocycles. The third-order valence-corrected chi connectivity index (χ3v) is 3.16. The Bertz CT molecular complexity index is 362. The van der Waals surface area contributed by atoms with Crippen molar-refractivity contribution in [2.75, 3.05) is 0 Å². The Balaban J connectivity index is 2.69. The van der Waals surface area contributed by atoms with Gasteiger partial charge in [0.15, 0.2) is 6.29 Å². The summed E-state index contributed by atoms with van der Waals surface area (Å²) in [6, 6.07) is 0. The Morgan fingerprint density at radius 3 is 2.35 bits per heavy atom. The molecular formula is C11H19NO8. The molecule has 0 saturated carbocycles. The first-order chi connectivity index (χ1) is 9.27. The van der Waals surface area contributed by atoms with Crippen LogP contribution < -0.4 is 5.32 Å². The summed E-state index contributed by atoms with van der Waals surface area (Å²) >= 11 is 0. The summed E-state index contributed by atoms with van der Waals surface area (Å²) in [5.41, 5.74) is 0. The smallest absolute Gasteiger partial charge is 0.312 e. The van der Waals surface area contributed by atoms with Crippen LogP contribution in [0.15, 0.2) is 0 Å². The first kappa shape index (κ1) is 16.8. The van der Waals surface area contributed by atoms with Crippen LogP contribution >= 0.6 is 0 Å². The van der Waals surface area contributed by atoms with Gasteiger partial charge >= 0.3 is 5.97 Å². The van der Waals surface area contributed by atoms with Crippen molar-refractivity contribution in [2.45, 2.75) is 50.6 Å². The predicted octanol–water partition coefficient (Wildman–Crippen LogP) is -2.64. The van der Waals surface area contributed by atoms with Crippen molar-refractivity contribution in [3.05, 3.63) is 0 Å². The molecule has 116 valence electrons. The number of carbonyl (C=O) groups is 2. The maximum Gasteiger partial charge on any atom is 0.312 e. The monoisotopic (exact) mass is 293 g/mol. The van der Waals surface area contributed by atoms with Gasteiger partial charge < -0.3 is 35.6 Å². The van der Waals surface area contributed by atoms with Crippen LogP contribution in [0.4, 0.5) is 0 Å². The summed E-state index contributed by atoms with van der Waals surface area (Å²) in [5, 5.41) is 49.4. The molecule has 1 amide bonds. The largest absolute Gasteiger partial charge is 0.481 e. The number of aliphatic hydroxyl groups excluding tert-OH is 4. The van der Waals surface area contributed by atoms with Gasteiger partial charge in [0.25, 0.3) is 0 Å². The quantitative estimate of drug-likeness (QED) is 0.237. The number of aliphatic hydroxyl groups is 4. The Morgan fingerprint density at radius 1 is 1.25 bits per heavy atom. The summed E-state index contributed by atoms with van der Waals surface area (Å²) in [7, 11) is 0. The predicted molar refractivity (Wildman–Crippen MR) is 63.1 cm³/mol. The summed E-state index contributed by atoms with van der Waals surface area (Å²) in [5.74, 6) is -3.76. The zero-order valence-electron chi connectivity index (χ0n) is 10.8. The lowest BCUT2D eigenvalue weighted by molar-refractivity contribution is -0.281. The van der Waals surface area contributed by atoms with E-state index in [0.29, 0.717) is 6.42 Å². The van der Waals surface area contributed by atoms with Crippen molar-refractivity contribution in [1.82, 2.24) is 5.32 Å². The Kier molecular flexibility index (Phi) is 5.84. The lowest BCUT2D eigenvalue weighted by atomic mass is 9.88. The van der Waals surface area contributed by atoms with Gasteiger partial charge in [-0.3, -0.25) is 9.59 Å². The second-order valence-electron chi connectivity index (χ2n) is 4.61. The van der Waals surface area contributed by atoms with Crippen molar-refractivity contribution >= 4 is 11.9 Å². The lowest BCUT2D eigenvalue weighted by Crippen LogP contribution is -2.60. The van der Waals surface area contributed by atoms with E-state index in [1.54, 1.807) is 6.92 Å². The fourth-order valence-corrected chi connectivity index (χ4v) is 2.10. The second kappa shape index (κ2) is 6.95. The second-order valence-corrected chi connectivity index (χ2v) is 4.61. The van der Waals surface area contributed by atoms with Crippen LogP contribution in [0.2, 0.25) is 0 Å². The topological polar surface area (TPSA) is 157 Å². The number of amides is 1. The number of hydrogen-bond donors (Lipinski definition) is 6. The van der Waals surface area contributed by atoms with E-state index < -0.39 is 55.0 Å². The zero-order valence-corrected chi connectivity index (χ0v) is 10.8. The number of aliphatic carboxylic acids is 1. The van der Waals surface area contributed by atoms with Gasteiger partial charge in [-0.25, -0.2) is 0 Å². The fraction of sp³-hybridized carbons (Fsp3) is 0.818. The van der Waals surface area contributed by atoms with Crippen LogP contribution in [-0.2, 0) is 14.3 Å². The molecule has 9 nitrogen and oxygen atoms in total. The van der Waals surface area contributed by atoms with E-state index in [9.17, 15) is 30.0 Å². The molecule has 3 unspecified atom stereocenters. The van der Waals surface area contributed by atoms with Crippen molar-refractivity contribution in [1.29, 1.82) is 0 Å². The van der Waals surface area contributed by atoms with Crippen LogP contribution in [0.5, 0.6) is 0 Å². The summed E-state index contributed by atoms with van der Waals surface area (Å²) < 4.78 is 5.03. The van der Waals surface area contributed by atoms with Gasteiger partial charge in [-0.15, -0.1) is 0 Å². The first-order valence-corrected chi connectivity index (χ1v) is 6.16. The minimum absolute atomic E-state index is 0.337.